The highest BCUT2D eigenvalue weighted by atomic mass is 16.5. The lowest BCUT2D eigenvalue weighted by Gasteiger charge is -2.35. The maximum atomic E-state index is 14.3. The van der Waals surface area contributed by atoms with Crippen molar-refractivity contribution in [2.75, 3.05) is 66.0 Å². The van der Waals surface area contributed by atoms with Crippen molar-refractivity contribution in [3.63, 3.8) is 0 Å². The Morgan fingerprint density at radius 1 is 0.851 bits per heavy atom. The molecule has 0 aliphatic carbocycles. The van der Waals surface area contributed by atoms with Crippen LogP contribution >= 0.6 is 0 Å². The number of carbonyl (C=O) groups excluding carboxylic acids is 1. The molecule has 0 bridgehead atoms. The first-order valence-electron chi connectivity index (χ1n) is 16.6. The molecule has 2 aliphatic heterocycles. The molecule has 10 heteroatoms. The second kappa shape index (κ2) is 14.7. The quantitative estimate of drug-likeness (QED) is 0.258. The Balaban J connectivity index is 1.24. The van der Waals surface area contributed by atoms with Crippen LogP contribution in [-0.2, 0) is 17.9 Å². The van der Waals surface area contributed by atoms with E-state index < -0.39 is 0 Å². The molecule has 0 N–H and O–H groups in total. The van der Waals surface area contributed by atoms with Gasteiger partial charge in [0.1, 0.15) is 17.3 Å². The van der Waals surface area contributed by atoms with Crippen LogP contribution in [0.1, 0.15) is 30.8 Å². The zero-order valence-electron chi connectivity index (χ0n) is 28.0. The van der Waals surface area contributed by atoms with Crippen molar-refractivity contribution >= 4 is 16.8 Å². The average Bonchev–Trinajstić information content (AvgIpc) is 3.06. The first-order valence-corrected chi connectivity index (χ1v) is 16.6. The van der Waals surface area contributed by atoms with Crippen LogP contribution < -0.4 is 15.0 Å². The molecular formula is C37H46N6O4. The highest BCUT2D eigenvalue weighted by Gasteiger charge is 2.25. The van der Waals surface area contributed by atoms with Crippen molar-refractivity contribution in [2.24, 2.45) is 0 Å². The van der Waals surface area contributed by atoms with Crippen molar-refractivity contribution < 1.29 is 14.3 Å². The van der Waals surface area contributed by atoms with Crippen LogP contribution in [0.5, 0.6) is 11.5 Å². The molecule has 0 spiro atoms. The fraction of sp³-hybridized carbons (Fsp3) is 0.432. The van der Waals surface area contributed by atoms with Crippen molar-refractivity contribution in [2.45, 2.75) is 40.0 Å². The van der Waals surface area contributed by atoms with Gasteiger partial charge in [0.05, 0.1) is 29.2 Å². The summed E-state index contributed by atoms with van der Waals surface area (Å²) in [7, 11) is 2.16. The minimum atomic E-state index is -0.113. The van der Waals surface area contributed by atoms with E-state index in [0.29, 0.717) is 66.6 Å². The molecule has 3 aromatic carbocycles. The molecule has 0 atom stereocenters. The molecule has 2 fully saturated rings. The smallest absolute Gasteiger partial charge is 0.266 e. The highest BCUT2D eigenvalue weighted by molar-refractivity contribution is 5.78. The van der Waals surface area contributed by atoms with Gasteiger partial charge < -0.3 is 19.3 Å². The number of ether oxygens (including phenoxy) is 2. The van der Waals surface area contributed by atoms with E-state index >= 15 is 0 Å². The van der Waals surface area contributed by atoms with Crippen LogP contribution in [-0.4, -0.2) is 107 Å². The van der Waals surface area contributed by atoms with Crippen LogP contribution in [0.15, 0.2) is 71.5 Å². The summed E-state index contributed by atoms with van der Waals surface area (Å²) in [5.41, 5.74) is 3.55. The number of para-hydroxylation sites is 1. The molecule has 0 unspecified atom stereocenters. The van der Waals surface area contributed by atoms with Gasteiger partial charge in [0.15, 0.2) is 6.61 Å². The SMILES string of the molecule is Cc1ccc(OCC(=O)N2CCN(Cc3nc4ccccc4c(=O)n3-c3cc(CN4CCN(C)CC4)ccc3OC(C)C)CC2)cc1. The van der Waals surface area contributed by atoms with E-state index in [4.69, 9.17) is 14.5 Å². The molecule has 10 nitrogen and oxygen atoms in total. The molecule has 248 valence electrons. The Morgan fingerprint density at radius 2 is 1.53 bits per heavy atom. The van der Waals surface area contributed by atoms with E-state index in [1.54, 1.807) is 4.57 Å². The molecule has 0 radical (unpaired) electrons. The fourth-order valence-corrected chi connectivity index (χ4v) is 6.21. The van der Waals surface area contributed by atoms with Crippen LogP contribution in [0, 0.1) is 6.92 Å². The standard InChI is InChI=1S/C37H46N6O4/c1-27(2)47-34-14-11-29(24-40-17-15-39(4)16-18-40)23-33(34)43-35(38-32-8-6-5-7-31(32)37(43)45)25-41-19-21-42(22-20-41)36(44)26-46-30-12-9-28(3)10-13-30/h5-14,23,27H,15-22,24-26H2,1-4H3. The second-order valence-electron chi connectivity index (χ2n) is 13.0. The summed E-state index contributed by atoms with van der Waals surface area (Å²) in [6, 6.07) is 21.4. The molecule has 0 saturated carbocycles. The van der Waals surface area contributed by atoms with Gasteiger partial charge in [-0.15, -0.1) is 0 Å². The van der Waals surface area contributed by atoms with E-state index in [-0.39, 0.29) is 24.2 Å². The topological polar surface area (TPSA) is 83.4 Å². The van der Waals surface area contributed by atoms with E-state index in [1.807, 2.05) is 80.3 Å². The Morgan fingerprint density at radius 3 is 2.26 bits per heavy atom. The van der Waals surface area contributed by atoms with Gasteiger partial charge in [-0.1, -0.05) is 35.9 Å². The highest BCUT2D eigenvalue weighted by Crippen LogP contribution is 2.28. The fourth-order valence-electron chi connectivity index (χ4n) is 6.21. The predicted molar refractivity (Wildman–Crippen MR) is 184 cm³/mol. The van der Waals surface area contributed by atoms with E-state index in [1.165, 1.54) is 0 Å². The van der Waals surface area contributed by atoms with E-state index in [2.05, 4.69) is 33.9 Å². The third-order valence-electron chi connectivity index (χ3n) is 8.95. The second-order valence-corrected chi connectivity index (χ2v) is 13.0. The normalized spacial score (nSPS) is 16.6. The monoisotopic (exact) mass is 638 g/mol. The molecule has 47 heavy (non-hydrogen) atoms. The van der Waals surface area contributed by atoms with Gasteiger partial charge in [-0.25, -0.2) is 4.98 Å². The molecule has 1 amide bonds. The molecule has 6 rings (SSSR count). The third kappa shape index (κ3) is 8.01. The van der Waals surface area contributed by atoms with Crippen LogP contribution in [0.3, 0.4) is 0 Å². The summed E-state index contributed by atoms with van der Waals surface area (Å²) in [6.45, 7) is 13.9. The maximum absolute atomic E-state index is 14.3. The molecule has 4 aromatic rings. The van der Waals surface area contributed by atoms with Crippen LogP contribution in [0.4, 0.5) is 0 Å². The lowest BCUT2D eigenvalue weighted by Crippen LogP contribution is -2.50. The number of amides is 1. The van der Waals surface area contributed by atoms with Crippen molar-refractivity contribution in [1.29, 1.82) is 0 Å². The Labute approximate surface area is 277 Å². The molecule has 3 heterocycles. The van der Waals surface area contributed by atoms with Gasteiger partial charge in [-0.3, -0.25) is 24.0 Å². The number of rotatable bonds is 10. The third-order valence-corrected chi connectivity index (χ3v) is 8.95. The van der Waals surface area contributed by atoms with Gasteiger partial charge in [-0.05, 0) is 69.8 Å². The van der Waals surface area contributed by atoms with Crippen molar-refractivity contribution in [3.8, 4) is 17.2 Å². The van der Waals surface area contributed by atoms with E-state index in [9.17, 15) is 9.59 Å². The van der Waals surface area contributed by atoms with Gasteiger partial charge in [0.25, 0.3) is 11.5 Å². The number of aryl methyl sites for hydroxylation is 1. The minimum absolute atomic E-state index is 0.0118. The zero-order valence-corrected chi connectivity index (χ0v) is 28.0. The number of aromatic nitrogens is 2. The van der Waals surface area contributed by atoms with Crippen LogP contribution in [0.25, 0.3) is 16.6 Å². The maximum Gasteiger partial charge on any atom is 0.266 e. The van der Waals surface area contributed by atoms with Crippen molar-refractivity contribution in [3.05, 3.63) is 94.0 Å². The largest absolute Gasteiger partial charge is 0.489 e. The molecule has 2 saturated heterocycles. The van der Waals surface area contributed by atoms with Crippen LogP contribution in [0.2, 0.25) is 0 Å². The Kier molecular flexibility index (Phi) is 10.2. The zero-order chi connectivity index (χ0) is 32.9. The number of fused-ring (bicyclic) bond motifs is 1. The number of piperazine rings is 2. The number of nitrogens with zero attached hydrogens (tertiary/aromatic N) is 6. The van der Waals surface area contributed by atoms with E-state index in [0.717, 1.165) is 43.9 Å². The number of hydrogen-bond acceptors (Lipinski definition) is 8. The number of carbonyl (C=O) groups is 1. The average molecular weight is 639 g/mol. The lowest BCUT2D eigenvalue weighted by atomic mass is 10.1. The Hall–Kier alpha value is -4.25. The van der Waals surface area contributed by atoms with Gasteiger partial charge in [-0.2, -0.15) is 0 Å². The van der Waals surface area contributed by atoms with Gasteiger partial charge in [0.2, 0.25) is 0 Å². The number of benzene rings is 3. The Bertz CT molecular complexity index is 1740. The minimum Gasteiger partial charge on any atom is -0.489 e. The first kappa shape index (κ1) is 32.7. The summed E-state index contributed by atoms with van der Waals surface area (Å²) in [6.07, 6.45) is -0.0644. The first-order chi connectivity index (χ1) is 22.7. The molecule has 2 aliphatic rings. The van der Waals surface area contributed by atoms with Crippen molar-refractivity contribution in [1.82, 2.24) is 29.2 Å². The summed E-state index contributed by atoms with van der Waals surface area (Å²) in [5, 5.41) is 0.570. The predicted octanol–water partition coefficient (Wildman–Crippen LogP) is 3.95. The lowest BCUT2D eigenvalue weighted by molar-refractivity contribution is -0.135. The molecule has 1 aromatic heterocycles. The summed E-state index contributed by atoms with van der Waals surface area (Å²) < 4.78 is 13.8. The number of hydrogen-bond donors (Lipinski definition) is 0. The summed E-state index contributed by atoms with van der Waals surface area (Å²) >= 11 is 0. The van der Waals surface area contributed by atoms with Gasteiger partial charge in [0, 0.05) is 58.9 Å². The number of likely N-dealkylation sites (N-methyl/N-ethyl adjacent to an activating group) is 1. The summed E-state index contributed by atoms with van der Waals surface area (Å²) in [5.74, 6) is 1.98. The molecular weight excluding hydrogens is 592 g/mol. The summed E-state index contributed by atoms with van der Waals surface area (Å²) in [4.78, 5) is 41.2. The van der Waals surface area contributed by atoms with Gasteiger partial charge >= 0.3 is 0 Å².